The van der Waals surface area contributed by atoms with Gasteiger partial charge in [-0.15, -0.1) is 0 Å². The van der Waals surface area contributed by atoms with Gasteiger partial charge in [-0.2, -0.15) is 0 Å². The smallest absolute Gasteiger partial charge is 0.254 e. The second-order valence-corrected chi connectivity index (χ2v) is 6.61. The standard InChI is InChI=1S/C17H26N4O2/c1-19-6-7-21(3)15-10-14(5-4-13(15)11-19)18-17(22)16-12-20(2)8-9-23-16/h4-5,10,16H,6-9,11-12H2,1-3H3,(H,18,22). The number of nitrogens with one attached hydrogen (secondary N) is 1. The second-order valence-electron chi connectivity index (χ2n) is 6.61. The van der Waals surface area contributed by atoms with E-state index >= 15 is 0 Å². The molecule has 126 valence electrons. The number of anilines is 2. The largest absolute Gasteiger partial charge is 0.373 e. The zero-order valence-corrected chi connectivity index (χ0v) is 14.2. The number of benzene rings is 1. The van der Waals surface area contributed by atoms with E-state index in [0.29, 0.717) is 13.2 Å². The summed E-state index contributed by atoms with van der Waals surface area (Å²) >= 11 is 0. The van der Waals surface area contributed by atoms with Crippen LogP contribution in [0.25, 0.3) is 0 Å². The van der Waals surface area contributed by atoms with Gasteiger partial charge < -0.3 is 24.8 Å². The van der Waals surface area contributed by atoms with Crippen LogP contribution in [0.3, 0.4) is 0 Å². The molecule has 6 heteroatoms. The Morgan fingerprint density at radius 2 is 2.00 bits per heavy atom. The predicted octanol–water partition coefficient (Wildman–Crippen LogP) is 0.837. The fourth-order valence-electron chi connectivity index (χ4n) is 3.10. The summed E-state index contributed by atoms with van der Waals surface area (Å²) < 4.78 is 5.58. The van der Waals surface area contributed by atoms with Crippen molar-refractivity contribution in [3.05, 3.63) is 23.8 Å². The first-order chi connectivity index (χ1) is 11.0. The van der Waals surface area contributed by atoms with Crippen molar-refractivity contribution in [3.8, 4) is 0 Å². The first-order valence-electron chi connectivity index (χ1n) is 8.16. The molecule has 0 radical (unpaired) electrons. The predicted molar refractivity (Wildman–Crippen MR) is 91.9 cm³/mol. The van der Waals surface area contributed by atoms with E-state index in [0.717, 1.165) is 31.9 Å². The molecule has 1 aromatic carbocycles. The van der Waals surface area contributed by atoms with Crippen LogP contribution < -0.4 is 10.2 Å². The molecule has 0 saturated carbocycles. The quantitative estimate of drug-likeness (QED) is 0.875. The van der Waals surface area contributed by atoms with Gasteiger partial charge >= 0.3 is 0 Å². The minimum Gasteiger partial charge on any atom is -0.373 e. The van der Waals surface area contributed by atoms with Gasteiger partial charge in [0.05, 0.1) is 6.61 Å². The second kappa shape index (κ2) is 6.86. The third kappa shape index (κ3) is 3.83. The summed E-state index contributed by atoms with van der Waals surface area (Å²) in [6.45, 7) is 5.08. The molecule has 23 heavy (non-hydrogen) atoms. The maximum atomic E-state index is 12.4. The van der Waals surface area contributed by atoms with Gasteiger partial charge in [0.2, 0.25) is 0 Å². The van der Waals surface area contributed by atoms with Crippen molar-refractivity contribution in [1.29, 1.82) is 0 Å². The number of carbonyl (C=O) groups excluding carboxylic acids is 1. The summed E-state index contributed by atoms with van der Waals surface area (Å²) in [6.07, 6.45) is -0.392. The zero-order valence-electron chi connectivity index (χ0n) is 14.2. The van der Waals surface area contributed by atoms with Crippen molar-refractivity contribution in [2.24, 2.45) is 0 Å². The van der Waals surface area contributed by atoms with Crippen LogP contribution in [0.5, 0.6) is 0 Å². The molecule has 2 aliphatic rings. The molecule has 3 rings (SSSR count). The van der Waals surface area contributed by atoms with Gasteiger partial charge in [-0.25, -0.2) is 0 Å². The van der Waals surface area contributed by atoms with Crippen LogP contribution in [0.2, 0.25) is 0 Å². The van der Waals surface area contributed by atoms with Crippen LogP contribution in [0.1, 0.15) is 5.56 Å². The fourth-order valence-corrected chi connectivity index (χ4v) is 3.10. The molecule has 1 aromatic rings. The van der Waals surface area contributed by atoms with Crippen molar-refractivity contribution in [3.63, 3.8) is 0 Å². The first-order valence-corrected chi connectivity index (χ1v) is 8.16. The third-order valence-corrected chi connectivity index (χ3v) is 4.58. The minimum atomic E-state index is -0.392. The summed E-state index contributed by atoms with van der Waals surface area (Å²) in [4.78, 5) is 19.1. The SMILES string of the molecule is CN1CCN(C)c2cc(NC(=O)C3CN(C)CCO3)ccc2C1. The Morgan fingerprint density at radius 1 is 1.17 bits per heavy atom. The average molecular weight is 318 g/mol. The van der Waals surface area contributed by atoms with Gasteiger partial charge in [0.15, 0.2) is 0 Å². The number of hydrogen-bond donors (Lipinski definition) is 1. The van der Waals surface area contributed by atoms with Crippen LogP contribution in [-0.2, 0) is 16.1 Å². The summed E-state index contributed by atoms with van der Waals surface area (Å²) in [5, 5.41) is 3.00. The number of rotatable bonds is 2. The highest BCUT2D eigenvalue weighted by atomic mass is 16.5. The van der Waals surface area contributed by atoms with Crippen molar-refractivity contribution >= 4 is 17.3 Å². The normalized spacial score (nSPS) is 23.3. The first kappa shape index (κ1) is 16.2. The van der Waals surface area contributed by atoms with E-state index in [9.17, 15) is 4.79 Å². The molecule has 0 aliphatic carbocycles. The zero-order chi connectivity index (χ0) is 16.4. The van der Waals surface area contributed by atoms with E-state index in [1.807, 2.05) is 13.1 Å². The molecule has 1 N–H and O–H groups in total. The maximum Gasteiger partial charge on any atom is 0.254 e. The van der Waals surface area contributed by atoms with Crippen LogP contribution in [0, 0.1) is 0 Å². The van der Waals surface area contributed by atoms with Crippen molar-refractivity contribution in [2.75, 3.05) is 64.1 Å². The van der Waals surface area contributed by atoms with Crippen LogP contribution in [0.15, 0.2) is 18.2 Å². The van der Waals surface area contributed by atoms with Crippen molar-refractivity contribution < 1.29 is 9.53 Å². The molecule has 2 heterocycles. The lowest BCUT2D eigenvalue weighted by Gasteiger charge is -2.29. The number of carbonyl (C=O) groups is 1. The molecule has 1 amide bonds. The van der Waals surface area contributed by atoms with Crippen LogP contribution in [-0.4, -0.2) is 75.7 Å². The van der Waals surface area contributed by atoms with Crippen molar-refractivity contribution in [1.82, 2.24) is 9.80 Å². The van der Waals surface area contributed by atoms with E-state index in [1.54, 1.807) is 0 Å². The number of ether oxygens (including phenoxy) is 1. The third-order valence-electron chi connectivity index (χ3n) is 4.58. The lowest BCUT2D eigenvalue weighted by molar-refractivity contribution is -0.132. The molecule has 2 aliphatic heterocycles. The van der Waals surface area contributed by atoms with Gasteiger partial charge in [-0.3, -0.25) is 4.79 Å². The number of amides is 1. The van der Waals surface area contributed by atoms with Crippen LogP contribution >= 0.6 is 0 Å². The van der Waals surface area contributed by atoms with E-state index < -0.39 is 6.10 Å². The van der Waals surface area contributed by atoms with Gasteiger partial charge in [0.1, 0.15) is 6.10 Å². The Bertz CT molecular complexity index is 578. The maximum absolute atomic E-state index is 12.4. The highest BCUT2D eigenvalue weighted by Crippen LogP contribution is 2.27. The monoisotopic (exact) mass is 318 g/mol. The Morgan fingerprint density at radius 3 is 2.78 bits per heavy atom. The summed E-state index contributed by atoms with van der Waals surface area (Å²) in [7, 11) is 6.25. The number of likely N-dealkylation sites (N-methyl/N-ethyl adjacent to an activating group) is 3. The Balaban J connectivity index is 1.72. The molecule has 1 atom stereocenters. The van der Waals surface area contributed by atoms with E-state index in [-0.39, 0.29) is 5.91 Å². The molecular formula is C17H26N4O2. The topological polar surface area (TPSA) is 48.0 Å². The van der Waals surface area contributed by atoms with Gasteiger partial charge in [-0.1, -0.05) is 6.07 Å². The number of morpholine rings is 1. The average Bonchev–Trinajstić information content (AvgIpc) is 2.67. The lowest BCUT2D eigenvalue weighted by atomic mass is 10.1. The number of nitrogens with zero attached hydrogens (tertiary/aromatic N) is 3. The number of hydrogen-bond acceptors (Lipinski definition) is 5. The van der Waals surface area contributed by atoms with Crippen LogP contribution in [0.4, 0.5) is 11.4 Å². The Labute approximate surface area is 138 Å². The van der Waals surface area contributed by atoms with E-state index in [1.165, 1.54) is 11.3 Å². The Kier molecular flexibility index (Phi) is 4.84. The van der Waals surface area contributed by atoms with Gasteiger partial charge in [-0.05, 0) is 31.8 Å². The molecule has 1 unspecified atom stereocenters. The summed E-state index contributed by atoms with van der Waals surface area (Å²) in [5.41, 5.74) is 3.31. The molecule has 0 bridgehead atoms. The molecule has 0 spiro atoms. The van der Waals surface area contributed by atoms with E-state index in [4.69, 9.17) is 4.74 Å². The molecule has 1 fully saturated rings. The number of fused-ring (bicyclic) bond motifs is 1. The lowest BCUT2D eigenvalue weighted by Crippen LogP contribution is -2.46. The van der Waals surface area contributed by atoms with E-state index in [2.05, 4.69) is 46.2 Å². The summed E-state index contributed by atoms with van der Waals surface area (Å²) in [5.74, 6) is -0.0649. The molecule has 1 saturated heterocycles. The molecule has 6 nitrogen and oxygen atoms in total. The fraction of sp³-hybridized carbons (Fsp3) is 0.588. The highest BCUT2D eigenvalue weighted by Gasteiger charge is 2.25. The van der Waals surface area contributed by atoms with Gasteiger partial charge in [0, 0.05) is 51.1 Å². The minimum absolute atomic E-state index is 0.0649. The van der Waals surface area contributed by atoms with Crippen molar-refractivity contribution in [2.45, 2.75) is 12.6 Å². The Hall–Kier alpha value is -1.63. The molecular weight excluding hydrogens is 292 g/mol. The van der Waals surface area contributed by atoms with Gasteiger partial charge in [0.25, 0.3) is 5.91 Å². The highest BCUT2D eigenvalue weighted by molar-refractivity contribution is 5.95. The molecule has 0 aromatic heterocycles. The summed E-state index contributed by atoms with van der Waals surface area (Å²) in [6, 6.07) is 6.16.